The summed E-state index contributed by atoms with van der Waals surface area (Å²) in [5.41, 5.74) is 3.57. The molecule has 1 aromatic heterocycles. The molecule has 1 atom stereocenters. The number of aromatic nitrogens is 2. The van der Waals surface area contributed by atoms with Crippen LogP contribution in [-0.4, -0.2) is 70.3 Å². The Labute approximate surface area is 165 Å². The number of aromatic amines is 1. The third kappa shape index (κ3) is 3.14. The number of hydrogen-bond donors (Lipinski definition) is 1. The number of nitrogens with one attached hydrogen (secondary N) is 1. The zero-order valence-electron chi connectivity index (χ0n) is 16.5. The first-order chi connectivity index (χ1) is 13.7. The van der Waals surface area contributed by atoms with Gasteiger partial charge in [-0.2, -0.15) is 5.10 Å². The molecule has 6 heteroatoms. The van der Waals surface area contributed by atoms with E-state index in [0.717, 1.165) is 30.7 Å². The maximum atomic E-state index is 12.8. The lowest BCUT2D eigenvalue weighted by molar-refractivity contribution is -0.0952. The van der Waals surface area contributed by atoms with E-state index in [2.05, 4.69) is 46.3 Å². The topological polar surface area (TPSA) is 61.5 Å². The monoisotopic (exact) mass is 380 g/mol. The Hall–Kier alpha value is -2.18. The van der Waals surface area contributed by atoms with Crippen molar-refractivity contribution < 1.29 is 9.53 Å². The van der Waals surface area contributed by atoms with Gasteiger partial charge in [-0.3, -0.25) is 14.8 Å². The summed E-state index contributed by atoms with van der Waals surface area (Å²) in [4.78, 5) is 17.3. The predicted molar refractivity (Wildman–Crippen MR) is 107 cm³/mol. The van der Waals surface area contributed by atoms with Gasteiger partial charge in [-0.15, -0.1) is 0 Å². The van der Waals surface area contributed by atoms with Crippen LogP contribution < -0.4 is 0 Å². The lowest BCUT2D eigenvalue weighted by atomic mass is 9.88. The minimum atomic E-state index is -0.123. The molecule has 2 aromatic rings. The zero-order chi connectivity index (χ0) is 19.1. The van der Waals surface area contributed by atoms with Crippen molar-refractivity contribution in [3.63, 3.8) is 0 Å². The molecule has 3 saturated heterocycles. The number of hydrogen-bond acceptors (Lipinski definition) is 4. The Morgan fingerprint density at radius 1 is 1.25 bits per heavy atom. The third-order valence-electron chi connectivity index (χ3n) is 6.56. The van der Waals surface area contributed by atoms with Gasteiger partial charge in [0.15, 0.2) is 0 Å². The van der Waals surface area contributed by atoms with Crippen LogP contribution in [0.25, 0.3) is 11.3 Å². The maximum absolute atomic E-state index is 12.8. The van der Waals surface area contributed by atoms with Gasteiger partial charge < -0.3 is 9.64 Å². The third-order valence-corrected chi connectivity index (χ3v) is 6.56. The first-order valence-electron chi connectivity index (χ1n) is 10.5. The van der Waals surface area contributed by atoms with Crippen molar-refractivity contribution in [2.45, 2.75) is 44.2 Å². The van der Waals surface area contributed by atoms with Crippen molar-refractivity contribution in [3.8, 4) is 11.3 Å². The van der Waals surface area contributed by atoms with Crippen LogP contribution in [0.1, 0.15) is 42.2 Å². The van der Waals surface area contributed by atoms with Crippen LogP contribution in [0.15, 0.2) is 30.3 Å². The van der Waals surface area contributed by atoms with Crippen LogP contribution in [0, 0.1) is 0 Å². The summed E-state index contributed by atoms with van der Waals surface area (Å²) >= 11 is 0. The highest BCUT2D eigenvalue weighted by Gasteiger charge is 2.52. The van der Waals surface area contributed by atoms with E-state index in [-0.39, 0.29) is 11.5 Å². The lowest BCUT2D eigenvalue weighted by Crippen LogP contribution is -2.63. The van der Waals surface area contributed by atoms with E-state index in [1.807, 2.05) is 11.0 Å². The molecule has 0 radical (unpaired) electrons. The molecule has 1 N–H and O–H groups in total. The fraction of sp³-hybridized carbons (Fsp3) is 0.545. The van der Waals surface area contributed by atoms with Gasteiger partial charge in [-0.25, -0.2) is 0 Å². The van der Waals surface area contributed by atoms with E-state index < -0.39 is 0 Å². The molecule has 0 saturated carbocycles. The fourth-order valence-electron chi connectivity index (χ4n) is 4.84. The van der Waals surface area contributed by atoms with Crippen LogP contribution in [0.2, 0.25) is 0 Å². The average molecular weight is 380 g/mol. The standard InChI is InChI=1S/C22H28N4O2/c1-2-16-5-7-17(8-6-16)19-11-20(24-23-19)21(27)26-14-22(15-26)12-18(13-28-22)25-9-3-4-10-25/h5-8,11,18H,2-4,9-10,12-15H2,1H3,(H,23,24). The fourth-order valence-corrected chi connectivity index (χ4v) is 4.84. The number of nitrogens with zero attached hydrogens (tertiary/aromatic N) is 3. The number of aryl methyl sites for hydroxylation is 1. The largest absolute Gasteiger partial charge is 0.370 e. The number of likely N-dealkylation sites (tertiary alicyclic amines) is 2. The van der Waals surface area contributed by atoms with Crippen LogP contribution >= 0.6 is 0 Å². The van der Waals surface area contributed by atoms with Crippen LogP contribution in [-0.2, 0) is 11.2 Å². The average Bonchev–Trinajstić information content (AvgIpc) is 3.46. The highest BCUT2D eigenvalue weighted by molar-refractivity contribution is 5.94. The minimum Gasteiger partial charge on any atom is -0.370 e. The molecule has 1 spiro atoms. The summed E-state index contributed by atoms with van der Waals surface area (Å²) < 4.78 is 6.15. The van der Waals surface area contributed by atoms with Crippen molar-refractivity contribution in [1.82, 2.24) is 20.0 Å². The van der Waals surface area contributed by atoms with Crippen LogP contribution in [0.3, 0.4) is 0 Å². The molecule has 6 nitrogen and oxygen atoms in total. The minimum absolute atomic E-state index is 0.0165. The SMILES string of the molecule is CCc1ccc(-c2cc(C(=O)N3CC4(CC(N5CCCC5)CO4)C3)[nH]n2)cc1. The molecule has 148 valence electrons. The Balaban J connectivity index is 1.21. The summed E-state index contributed by atoms with van der Waals surface area (Å²) in [6.45, 7) is 6.73. The molecule has 1 unspecified atom stereocenters. The molecule has 3 aliphatic rings. The van der Waals surface area contributed by atoms with Gasteiger partial charge in [0.2, 0.25) is 0 Å². The molecule has 3 fully saturated rings. The predicted octanol–water partition coefficient (Wildman–Crippen LogP) is 2.72. The number of rotatable bonds is 4. The molecule has 5 rings (SSSR count). The van der Waals surface area contributed by atoms with Crippen LogP contribution in [0.4, 0.5) is 0 Å². The molecule has 1 aromatic carbocycles. The first-order valence-corrected chi connectivity index (χ1v) is 10.5. The van der Waals surface area contributed by atoms with E-state index in [1.165, 1.54) is 31.5 Å². The van der Waals surface area contributed by atoms with E-state index in [0.29, 0.717) is 24.8 Å². The molecular formula is C22H28N4O2. The quantitative estimate of drug-likeness (QED) is 0.886. The highest BCUT2D eigenvalue weighted by Crippen LogP contribution is 2.38. The Kier molecular flexibility index (Phi) is 4.48. The second kappa shape index (κ2) is 7.01. The summed E-state index contributed by atoms with van der Waals surface area (Å²) in [5.74, 6) is 0.0165. The van der Waals surface area contributed by atoms with Gasteiger partial charge in [-0.05, 0) is 50.4 Å². The smallest absolute Gasteiger partial charge is 0.272 e. The van der Waals surface area contributed by atoms with Gasteiger partial charge in [0, 0.05) is 11.6 Å². The number of carbonyl (C=O) groups excluding carboxylic acids is 1. The van der Waals surface area contributed by atoms with Crippen molar-refractivity contribution in [2.24, 2.45) is 0 Å². The molecule has 1 amide bonds. The second-order valence-electron chi connectivity index (χ2n) is 8.47. The molecule has 28 heavy (non-hydrogen) atoms. The molecule has 0 bridgehead atoms. The number of carbonyl (C=O) groups is 1. The van der Waals surface area contributed by atoms with Gasteiger partial charge in [0.1, 0.15) is 11.3 Å². The normalized spacial score (nSPS) is 24.0. The molecular weight excluding hydrogens is 352 g/mol. The molecule has 4 heterocycles. The van der Waals surface area contributed by atoms with Crippen molar-refractivity contribution >= 4 is 5.91 Å². The zero-order valence-corrected chi connectivity index (χ0v) is 16.5. The van der Waals surface area contributed by atoms with Crippen molar-refractivity contribution in [3.05, 3.63) is 41.6 Å². The second-order valence-corrected chi connectivity index (χ2v) is 8.47. The van der Waals surface area contributed by atoms with Gasteiger partial charge in [-0.1, -0.05) is 31.2 Å². The van der Waals surface area contributed by atoms with Crippen LogP contribution in [0.5, 0.6) is 0 Å². The van der Waals surface area contributed by atoms with Crippen molar-refractivity contribution in [2.75, 3.05) is 32.8 Å². The summed E-state index contributed by atoms with van der Waals surface area (Å²) in [6, 6.07) is 10.7. The first kappa shape index (κ1) is 17.9. The maximum Gasteiger partial charge on any atom is 0.272 e. The number of H-pyrrole nitrogens is 1. The van der Waals surface area contributed by atoms with E-state index in [9.17, 15) is 4.79 Å². The van der Waals surface area contributed by atoms with E-state index in [1.54, 1.807) is 0 Å². The van der Waals surface area contributed by atoms with Crippen molar-refractivity contribution in [1.29, 1.82) is 0 Å². The Bertz CT molecular complexity index is 848. The molecule has 0 aliphatic carbocycles. The summed E-state index contributed by atoms with van der Waals surface area (Å²) in [5, 5.41) is 7.27. The van der Waals surface area contributed by atoms with E-state index >= 15 is 0 Å². The summed E-state index contributed by atoms with van der Waals surface area (Å²) in [7, 11) is 0. The highest BCUT2D eigenvalue weighted by atomic mass is 16.5. The Morgan fingerprint density at radius 2 is 2.00 bits per heavy atom. The lowest BCUT2D eigenvalue weighted by Gasteiger charge is -2.47. The number of ether oxygens (including phenoxy) is 1. The molecule has 3 aliphatic heterocycles. The van der Waals surface area contributed by atoms with Gasteiger partial charge >= 0.3 is 0 Å². The van der Waals surface area contributed by atoms with Gasteiger partial charge in [0.05, 0.1) is 25.4 Å². The number of amides is 1. The summed E-state index contributed by atoms with van der Waals surface area (Å²) in [6.07, 6.45) is 4.67. The van der Waals surface area contributed by atoms with Gasteiger partial charge in [0.25, 0.3) is 5.91 Å². The Morgan fingerprint density at radius 3 is 2.71 bits per heavy atom. The van der Waals surface area contributed by atoms with E-state index in [4.69, 9.17) is 4.74 Å². The number of benzene rings is 1.